The third-order valence-electron chi connectivity index (χ3n) is 1.09. The summed E-state index contributed by atoms with van der Waals surface area (Å²) >= 11 is 0. The summed E-state index contributed by atoms with van der Waals surface area (Å²) in [6, 6.07) is 5.17. The molecular weight excluding hydrogens is 135 g/mol. The molecule has 0 radical (unpaired) electrons. The fourth-order valence-corrected chi connectivity index (χ4v) is 0.594. The average Bonchev–Trinajstić information content (AvgIpc) is 1.88. The molecule has 0 atom stereocenters. The fraction of sp³-hybridized carbons (Fsp3) is 0. The van der Waals surface area contributed by atoms with Crippen LogP contribution in [-0.4, -0.2) is 5.21 Å². The largest absolute Gasteiger partial charge is 0.273 e. The molecule has 1 rings (SSSR count). The Morgan fingerprint density at radius 2 is 1.80 bits per heavy atom. The average molecular weight is 142 g/mol. The molecule has 1 aromatic rings. The van der Waals surface area contributed by atoms with Gasteiger partial charge in [-0.15, -0.1) is 0 Å². The third kappa shape index (κ3) is 1.43. The van der Waals surface area contributed by atoms with E-state index in [1.165, 1.54) is 24.3 Å². The van der Waals surface area contributed by atoms with E-state index in [1.54, 1.807) is 0 Å². The maximum Gasteiger partial charge on any atom is 0.123 e. The summed E-state index contributed by atoms with van der Waals surface area (Å²) in [6.07, 6.45) is 0. The molecule has 0 aliphatic carbocycles. The Morgan fingerprint density at radius 1 is 1.30 bits per heavy atom. The molecule has 0 bridgehead atoms. The van der Waals surface area contributed by atoms with Crippen molar-refractivity contribution in [1.82, 2.24) is 0 Å². The minimum absolute atomic E-state index is 0.349. The highest BCUT2D eigenvalue weighted by molar-refractivity contribution is 5.41. The minimum Gasteiger partial charge on any atom is -0.273 e. The second kappa shape index (κ2) is 2.64. The van der Waals surface area contributed by atoms with E-state index in [2.05, 4.69) is 0 Å². The summed E-state index contributed by atoms with van der Waals surface area (Å²) < 4.78 is 12.2. The summed E-state index contributed by atoms with van der Waals surface area (Å²) in [5, 5.41) is 9.03. The molecule has 3 N–H and O–H groups in total. The summed E-state index contributed by atoms with van der Waals surface area (Å²) in [5.74, 6) is 4.57. The van der Waals surface area contributed by atoms with Gasteiger partial charge in [0, 0.05) is 0 Å². The van der Waals surface area contributed by atoms with Crippen LogP contribution in [0, 0.1) is 5.82 Å². The Hall–Kier alpha value is -1.13. The van der Waals surface area contributed by atoms with Crippen LogP contribution in [0.4, 0.5) is 10.1 Å². The van der Waals surface area contributed by atoms with Crippen molar-refractivity contribution in [3.63, 3.8) is 0 Å². The number of hydrogen-bond acceptors (Lipinski definition) is 3. The van der Waals surface area contributed by atoms with Crippen LogP contribution in [0.3, 0.4) is 0 Å². The molecule has 0 unspecified atom stereocenters. The number of hydrazine groups is 1. The number of nitrogens with two attached hydrogens (primary N) is 1. The van der Waals surface area contributed by atoms with Crippen LogP contribution in [0.1, 0.15) is 0 Å². The molecule has 54 valence electrons. The van der Waals surface area contributed by atoms with Crippen molar-refractivity contribution in [2.75, 3.05) is 5.17 Å². The van der Waals surface area contributed by atoms with E-state index in [4.69, 9.17) is 11.0 Å². The van der Waals surface area contributed by atoms with Gasteiger partial charge in [-0.2, -0.15) is 5.17 Å². The first-order chi connectivity index (χ1) is 4.70. The Bertz CT molecular complexity index is 209. The van der Waals surface area contributed by atoms with Gasteiger partial charge in [-0.25, -0.2) is 10.2 Å². The van der Waals surface area contributed by atoms with E-state index in [0.29, 0.717) is 10.9 Å². The van der Waals surface area contributed by atoms with Crippen molar-refractivity contribution in [2.45, 2.75) is 0 Å². The molecule has 0 saturated carbocycles. The lowest BCUT2D eigenvalue weighted by atomic mass is 10.3. The molecular formula is C6H7FN2O. The van der Waals surface area contributed by atoms with Crippen molar-refractivity contribution in [1.29, 1.82) is 0 Å². The van der Waals surface area contributed by atoms with Gasteiger partial charge in [-0.3, -0.25) is 5.21 Å². The molecule has 4 heteroatoms. The molecule has 0 aliphatic heterocycles. The van der Waals surface area contributed by atoms with Crippen molar-refractivity contribution < 1.29 is 9.60 Å². The molecule has 0 heterocycles. The first kappa shape index (κ1) is 6.98. The molecule has 0 spiro atoms. The smallest absolute Gasteiger partial charge is 0.123 e. The van der Waals surface area contributed by atoms with Gasteiger partial charge in [-0.1, -0.05) is 0 Å². The summed E-state index contributed by atoms with van der Waals surface area (Å²) in [4.78, 5) is 0. The van der Waals surface area contributed by atoms with Crippen LogP contribution in [0.15, 0.2) is 24.3 Å². The number of benzene rings is 1. The van der Waals surface area contributed by atoms with Crippen molar-refractivity contribution in [3.8, 4) is 0 Å². The van der Waals surface area contributed by atoms with Crippen LogP contribution >= 0.6 is 0 Å². The summed E-state index contributed by atoms with van der Waals surface area (Å²) in [7, 11) is 0. The molecule has 3 nitrogen and oxygen atoms in total. The van der Waals surface area contributed by atoms with Gasteiger partial charge in [0.15, 0.2) is 0 Å². The van der Waals surface area contributed by atoms with Crippen LogP contribution in [0.5, 0.6) is 0 Å². The number of rotatable bonds is 1. The van der Waals surface area contributed by atoms with Gasteiger partial charge >= 0.3 is 0 Å². The van der Waals surface area contributed by atoms with Gasteiger partial charge in [-0.05, 0) is 24.3 Å². The molecule has 0 saturated heterocycles. The summed E-state index contributed by atoms with van der Waals surface area (Å²) in [5.41, 5.74) is 0.349. The maximum atomic E-state index is 12.2. The van der Waals surface area contributed by atoms with Gasteiger partial charge in [0.1, 0.15) is 5.82 Å². The Labute approximate surface area is 57.4 Å². The predicted molar refractivity (Wildman–Crippen MR) is 34.9 cm³/mol. The van der Waals surface area contributed by atoms with E-state index in [-0.39, 0.29) is 5.82 Å². The zero-order chi connectivity index (χ0) is 7.56. The molecule has 10 heavy (non-hydrogen) atoms. The maximum absolute atomic E-state index is 12.2. The quantitative estimate of drug-likeness (QED) is 0.452. The summed E-state index contributed by atoms with van der Waals surface area (Å²) in [6.45, 7) is 0. The molecule has 0 amide bonds. The first-order valence-corrected chi connectivity index (χ1v) is 2.69. The second-order valence-corrected chi connectivity index (χ2v) is 1.82. The monoisotopic (exact) mass is 142 g/mol. The standard InChI is InChI=1S/C6H7FN2O/c7-5-1-3-6(4-2-5)9(8)10/h1-4,10H,8H2. The SMILES string of the molecule is NN(O)c1ccc(F)cc1. The van der Waals surface area contributed by atoms with E-state index in [9.17, 15) is 4.39 Å². The van der Waals surface area contributed by atoms with E-state index in [0.717, 1.165) is 0 Å². The number of hydrogen-bond donors (Lipinski definition) is 2. The first-order valence-electron chi connectivity index (χ1n) is 2.69. The van der Waals surface area contributed by atoms with Crippen molar-refractivity contribution in [2.24, 2.45) is 5.84 Å². The zero-order valence-electron chi connectivity index (χ0n) is 5.16. The van der Waals surface area contributed by atoms with Gasteiger partial charge in [0.2, 0.25) is 0 Å². The zero-order valence-corrected chi connectivity index (χ0v) is 5.16. The van der Waals surface area contributed by atoms with Gasteiger partial charge in [0.25, 0.3) is 0 Å². The highest BCUT2D eigenvalue weighted by Gasteiger charge is 1.95. The fourth-order valence-electron chi connectivity index (χ4n) is 0.594. The lowest BCUT2D eigenvalue weighted by Crippen LogP contribution is -2.25. The minimum atomic E-state index is -0.356. The van der Waals surface area contributed by atoms with Crippen molar-refractivity contribution in [3.05, 3.63) is 30.1 Å². The second-order valence-electron chi connectivity index (χ2n) is 1.82. The van der Waals surface area contributed by atoms with E-state index < -0.39 is 0 Å². The van der Waals surface area contributed by atoms with Crippen LogP contribution < -0.4 is 11.0 Å². The Balaban J connectivity index is 2.89. The highest BCUT2D eigenvalue weighted by Crippen LogP contribution is 2.08. The normalized spacial score (nSPS) is 9.50. The molecule has 0 fully saturated rings. The van der Waals surface area contributed by atoms with Crippen molar-refractivity contribution >= 4 is 5.69 Å². The number of anilines is 1. The lowest BCUT2D eigenvalue weighted by molar-refractivity contribution is 0.257. The molecule has 0 aromatic heterocycles. The number of halogens is 1. The molecule has 1 aromatic carbocycles. The van der Waals surface area contributed by atoms with E-state index in [1.807, 2.05) is 0 Å². The topological polar surface area (TPSA) is 49.5 Å². The lowest BCUT2D eigenvalue weighted by Gasteiger charge is -2.07. The van der Waals surface area contributed by atoms with E-state index >= 15 is 0 Å². The number of nitrogens with zero attached hydrogens (tertiary/aromatic N) is 1. The Morgan fingerprint density at radius 3 is 2.20 bits per heavy atom. The van der Waals surface area contributed by atoms with Crippen LogP contribution in [0.2, 0.25) is 0 Å². The Kier molecular flexibility index (Phi) is 1.84. The van der Waals surface area contributed by atoms with Crippen LogP contribution in [0.25, 0.3) is 0 Å². The highest BCUT2D eigenvalue weighted by atomic mass is 19.1. The predicted octanol–water partition coefficient (Wildman–Crippen LogP) is 0.895. The van der Waals surface area contributed by atoms with Crippen LogP contribution in [-0.2, 0) is 0 Å². The van der Waals surface area contributed by atoms with Gasteiger partial charge in [0.05, 0.1) is 5.69 Å². The third-order valence-corrected chi connectivity index (χ3v) is 1.09. The van der Waals surface area contributed by atoms with Gasteiger partial charge < -0.3 is 0 Å². The molecule has 0 aliphatic rings.